The van der Waals surface area contributed by atoms with Gasteiger partial charge in [0.25, 0.3) is 0 Å². The first kappa shape index (κ1) is 10.5. The van der Waals surface area contributed by atoms with Crippen LogP contribution >= 0.6 is 0 Å². The summed E-state index contributed by atoms with van der Waals surface area (Å²) in [5.74, 6) is 1.83. The Morgan fingerprint density at radius 3 is 2.07 bits per heavy atom. The van der Waals surface area contributed by atoms with Gasteiger partial charge in [-0.1, -0.05) is 13.8 Å². The van der Waals surface area contributed by atoms with E-state index in [-0.39, 0.29) is 0 Å². The molecular weight excluding hydrogens is 170 g/mol. The summed E-state index contributed by atoms with van der Waals surface area (Å²) in [6.45, 7) is 14.6. The quantitative estimate of drug-likeness (QED) is 0.621. The smallest absolute Gasteiger partial charge is 0.0125 e. The van der Waals surface area contributed by atoms with Gasteiger partial charge < -0.3 is 0 Å². The Labute approximate surface area is 88.9 Å². The van der Waals surface area contributed by atoms with Gasteiger partial charge in [0.05, 0.1) is 0 Å². The first-order valence-corrected chi connectivity index (χ1v) is 6.10. The largest absolute Gasteiger partial charge is 0.298 e. The molecule has 1 saturated carbocycles. The SMILES string of the molecule is CC(C)[C@@H]1CN(C(C)(C)C)CC12CC2. The van der Waals surface area contributed by atoms with Crippen molar-refractivity contribution in [2.45, 2.75) is 53.0 Å². The third kappa shape index (κ3) is 1.60. The third-order valence-corrected chi connectivity index (χ3v) is 4.36. The highest BCUT2D eigenvalue weighted by Gasteiger charge is 2.56. The Hall–Kier alpha value is -0.0400. The van der Waals surface area contributed by atoms with Gasteiger partial charge in [-0.3, -0.25) is 4.90 Å². The van der Waals surface area contributed by atoms with Gasteiger partial charge in [-0.05, 0) is 50.9 Å². The van der Waals surface area contributed by atoms with E-state index in [1.165, 1.54) is 25.9 Å². The number of likely N-dealkylation sites (tertiary alicyclic amines) is 1. The van der Waals surface area contributed by atoms with E-state index in [1.807, 2.05) is 0 Å². The topological polar surface area (TPSA) is 3.24 Å². The summed E-state index contributed by atoms with van der Waals surface area (Å²) in [5, 5.41) is 0. The van der Waals surface area contributed by atoms with Gasteiger partial charge in [-0.15, -0.1) is 0 Å². The van der Waals surface area contributed by atoms with Crippen LogP contribution in [0, 0.1) is 17.3 Å². The molecule has 2 rings (SSSR count). The second kappa shape index (κ2) is 2.98. The number of rotatable bonds is 1. The first-order chi connectivity index (χ1) is 6.35. The average Bonchev–Trinajstić information content (AvgIpc) is 2.59. The minimum atomic E-state index is 0.374. The summed E-state index contributed by atoms with van der Waals surface area (Å²) >= 11 is 0. The minimum absolute atomic E-state index is 0.374. The summed E-state index contributed by atoms with van der Waals surface area (Å²) in [6, 6.07) is 0. The molecule has 1 atom stereocenters. The number of hydrogen-bond donors (Lipinski definition) is 0. The Bertz CT molecular complexity index is 220. The Morgan fingerprint density at radius 1 is 1.21 bits per heavy atom. The average molecular weight is 195 g/mol. The van der Waals surface area contributed by atoms with Gasteiger partial charge in [-0.2, -0.15) is 0 Å². The van der Waals surface area contributed by atoms with Crippen molar-refractivity contribution >= 4 is 0 Å². The van der Waals surface area contributed by atoms with Gasteiger partial charge in [0.15, 0.2) is 0 Å². The van der Waals surface area contributed by atoms with E-state index < -0.39 is 0 Å². The van der Waals surface area contributed by atoms with Crippen LogP contribution in [0.1, 0.15) is 47.5 Å². The van der Waals surface area contributed by atoms with E-state index in [2.05, 4.69) is 39.5 Å². The summed E-state index contributed by atoms with van der Waals surface area (Å²) in [6.07, 6.45) is 2.98. The second-order valence-electron chi connectivity index (χ2n) is 6.76. The summed E-state index contributed by atoms with van der Waals surface area (Å²) < 4.78 is 0. The van der Waals surface area contributed by atoms with Crippen molar-refractivity contribution < 1.29 is 0 Å². The molecule has 1 aliphatic heterocycles. The molecule has 0 aromatic rings. The van der Waals surface area contributed by atoms with Crippen molar-refractivity contribution in [1.82, 2.24) is 4.90 Å². The standard InChI is InChI=1S/C13H25N/c1-10(2)11-8-14(12(3,4)5)9-13(11)6-7-13/h10-11H,6-9H2,1-5H3/t11-/m0/s1. The molecule has 1 saturated heterocycles. The highest BCUT2D eigenvalue weighted by atomic mass is 15.2. The van der Waals surface area contributed by atoms with Crippen LogP contribution < -0.4 is 0 Å². The van der Waals surface area contributed by atoms with Crippen LogP contribution in [0.5, 0.6) is 0 Å². The highest BCUT2D eigenvalue weighted by Crippen LogP contribution is 2.59. The molecule has 2 fully saturated rings. The Kier molecular flexibility index (Phi) is 2.23. The molecule has 82 valence electrons. The van der Waals surface area contributed by atoms with E-state index in [1.54, 1.807) is 0 Å². The van der Waals surface area contributed by atoms with Crippen LogP contribution in [0.4, 0.5) is 0 Å². The summed E-state index contributed by atoms with van der Waals surface area (Å²) in [4.78, 5) is 2.70. The van der Waals surface area contributed by atoms with Gasteiger partial charge in [0.1, 0.15) is 0 Å². The van der Waals surface area contributed by atoms with E-state index in [0.717, 1.165) is 17.3 Å². The highest BCUT2D eigenvalue weighted by molar-refractivity contribution is 5.08. The van der Waals surface area contributed by atoms with E-state index in [4.69, 9.17) is 0 Å². The van der Waals surface area contributed by atoms with E-state index in [9.17, 15) is 0 Å². The fraction of sp³-hybridized carbons (Fsp3) is 1.00. The van der Waals surface area contributed by atoms with Crippen LogP contribution in [0.3, 0.4) is 0 Å². The normalized spacial score (nSPS) is 31.7. The molecule has 0 aromatic heterocycles. The van der Waals surface area contributed by atoms with Crippen LogP contribution in [-0.4, -0.2) is 23.5 Å². The molecule has 1 aliphatic carbocycles. The van der Waals surface area contributed by atoms with Crippen LogP contribution in [-0.2, 0) is 0 Å². The van der Waals surface area contributed by atoms with Crippen LogP contribution in [0.25, 0.3) is 0 Å². The number of nitrogens with zero attached hydrogens (tertiary/aromatic N) is 1. The molecule has 0 amide bonds. The Balaban J connectivity index is 2.10. The predicted octanol–water partition coefficient (Wildman–Crippen LogP) is 3.15. The fourth-order valence-corrected chi connectivity index (χ4v) is 3.11. The maximum absolute atomic E-state index is 2.70. The van der Waals surface area contributed by atoms with Crippen molar-refractivity contribution in [3.63, 3.8) is 0 Å². The van der Waals surface area contributed by atoms with Gasteiger partial charge >= 0.3 is 0 Å². The molecule has 14 heavy (non-hydrogen) atoms. The molecule has 0 radical (unpaired) electrons. The van der Waals surface area contributed by atoms with Crippen molar-refractivity contribution in [3.8, 4) is 0 Å². The van der Waals surface area contributed by atoms with E-state index in [0.29, 0.717) is 5.54 Å². The zero-order valence-corrected chi connectivity index (χ0v) is 10.4. The third-order valence-electron chi connectivity index (χ3n) is 4.36. The monoisotopic (exact) mass is 195 g/mol. The van der Waals surface area contributed by atoms with Crippen molar-refractivity contribution in [2.75, 3.05) is 13.1 Å². The molecular formula is C13H25N. The number of hydrogen-bond acceptors (Lipinski definition) is 1. The molecule has 1 heterocycles. The van der Waals surface area contributed by atoms with Gasteiger partial charge in [0, 0.05) is 18.6 Å². The first-order valence-electron chi connectivity index (χ1n) is 6.10. The molecule has 1 spiro atoms. The minimum Gasteiger partial charge on any atom is -0.298 e. The molecule has 0 aromatic carbocycles. The molecule has 1 heteroatoms. The van der Waals surface area contributed by atoms with Crippen LogP contribution in [0.2, 0.25) is 0 Å². The lowest BCUT2D eigenvalue weighted by Gasteiger charge is -2.32. The molecule has 0 unspecified atom stereocenters. The summed E-state index contributed by atoms with van der Waals surface area (Å²) in [7, 11) is 0. The lowest BCUT2D eigenvalue weighted by molar-refractivity contribution is 0.161. The van der Waals surface area contributed by atoms with Crippen molar-refractivity contribution in [2.24, 2.45) is 17.3 Å². The maximum Gasteiger partial charge on any atom is 0.0125 e. The van der Waals surface area contributed by atoms with Gasteiger partial charge in [-0.25, -0.2) is 0 Å². The summed E-state index contributed by atoms with van der Waals surface area (Å²) in [5.41, 5.74) is 1.11. The second-order valence-corrected chi connectivity index (χ2v) is 6.76. The van der Waals surface area contributed by atoms with Crippen molar-refractivity contribution in [3.05, 3.63) is 0 Å². The molecule has 2 aliphatic rings. The Morgan fingerprint density at radius 2 is 1.79 bits per heavy atom. The van der Waals surface area contributed by atoms with Gasteiger partial charge in [0.2, 0.25) is 0 Å². The lowest BCUT2D eigenvalue weighted by atomic mass is 9.84. The van der Waals surface area contributed by atoms with E-state index >= 15 is 0 Å². The lowest BCUT2D eigenvalue weighted by Crippen LogP contribution is -2.40. The molecule has 1 nitrogen and oxygen atoms in total. The predicted molar refractivity (Wildman–Crippen MR) is 61.3 cm³/mol. The van der Waals surface area contributed by atoms with Crippen molar-refractivity contribution in [1.29, 1.82) is 0 Å². The van der Waals surface area contributed by atoms with Crippen LogP contribution in [0.15, 0.2) is 0 Å². The fourth-order valence-electron chi connectivity index (χ4n) is 3.11. The zero-order valence-electron chi connectivity index (χ0n) is 10.4. The zero-order chi connectivity index (χ0) is 10.6. The maximum atomic E-state index is 2.70. The molecule has 0 N–H and O–H groups in total. The molecule has 0 bridgehead atoms.